The molecule has 3 aromatic heterocycles. The largest absolute Gasteiger partial charge is 0.462 e. The maximum Gasteiger partial charge on any atom is 0.343 e. The van der Waals surface area contributed by atoms with Gasteiger partial charge < -0.3 is 10.1 Å². The number of benzene rings is 2. The van der Waals surface area contributed by atoms with Crippen LogP contribution in [0.5, 0.6) is 0 Å². The Kier molecular flexibility index (Phi) is 5.59. The second-order valence-electron chi connectivity index (χ2n) is 7.78. The Bertz CT molecular complexity index is 1560. The monoisotopic (exact) mass is 472 g/mol. The fourth-order valence-corrected chi connectivity index (χ4v) is 4.00. The Morgan fingerprint density at radius 1 is 1.03 bits per heavy atom. The number of para-hydroxylation sites is 3. The predicted molar refractivity (Wildman–Crippen MR) is 132 cm³/mol. The predicted octanol–water partition coefficient (Wildman–Crippen LogP) is 5.55. The second-order valence-corrected chi connectivity index (χ2v) is 8.14. The Labute approximate surface area is 200 Å². The lowest BCUT2D eigenvalue weighted by atomic mass is 10.1. The van der Waals surface area contributed by atoms with E-state index in [9.17, 15) is 4.79 Å². The van der Waals surface area contributed by atoms with E-state index in [1.807, 2.05) is 62.4 Å². The third kappa shape index (κ3) is 3.82. The van der Waals surface area contributed by atoms with Crippen LogP contribution in [0.4, 0.5) is 11.6 Å². The van der Waals surface area contributed by atoms with E-state index < -0.39 is 5.97 Å². The molecule has 0 aliphatic carbocycles. The van der Waals surface area contributed by atoms with E-state index >= 15 is 0 Å². The van der Waals surface area contributed by atoms with E-state index in [-0.39, 0.29) is 17.3 Å². The molecule has 0 aliphatic rings. The van der Waals surface area contributed by atoms with Gasteiger partial charge in [-0.25, -0.2) is 19.7 Å². The van der Waals surface area contributed by atoms with Crippen molar-refractivity contribution in [2.24, 2.45) is 0 Å². The summed E-state index contributed by atoms with van der Waals surface area (Å²) in [7, 11) is 0. The van der Waals surface area contributed by atoms with E-state index in [0.717, 1.165) is 22.0 Å². The number of anilines is 2. The molecule has 0 spiro atoms. The van der Waals surface area contributed by atoms with Crippen LogP contribution in [0.1, 0.15) is 28.4 Å². The highest BCUT2D eigenvalue weighted by Gasteiger charge is 2.23. The molecule has 170 valence electrons. The first-order chi connectivity index (χ1) is 16.5. The number of rotatable bonds is 5. The minimum absolute atomic E-state index is 0.166. The Morgan fingerprint density at radius 3 is 2.56 bits per heavy atom. The van der Waals surface area contributed by atoms with Crippen LogP contribution in [-0.2, 0) is 4.74 Å². The van der Waals surface area contributed by atoms with E-state index in [1.54, 1.807) is 11.6 Å². The number of hydrogen-bond donors (Lipinski definition) is 1. The summed E-state index contributed by atoms with van der Waals surface area (Å²) in [4.78, 5) is 26.6. The van der Waals surface area contributed by atoms with E-state index in [2.05, 4.69) is 20.4 Å². The lowest BCUT2D eigenvalue weighted by Gasteiger charge is -2.14. The number of nitrogens with zero attached hydrogens (tertiary/aromatic N) is 5. The number of hydrogen-bond acceptors (Lipinski definition) is 7. The van der Waals surface area contributed by atoms with Crippen molar-refractivity contribution in [3.63, 3.8) is 0 Å². The fraction of sp³-hybridized carbons (Fsp3) is 0.160. The molecule has 0 saturated heterocycles. The number of pyridine rings is 1. The lowest BCUT2D eigenvalue weighted by Crippen LogP contribution is -2.11. The van der Waals surface area contributed by atoms with Gasteiger partial charge >= 0.3 is 5.97 Å². The SMILES string of the molecule is CCOC(=O)c1cnn(-c2cc(C)c3cccc(C)c3n2)c1Nc1nc2ccccc2nc1Cl. The zero-order chi connectivity index (χ0) is 23.8. The molecule has 34 heavy (non-hydrogen) atoms. The maximum absolute atomic E-state index is 12.7. The number of carbonyl (C=O) groups excluding carboxylic acids is 1. The Balaban J connectivity index is 1.68. The molecule has 5 rings (SSSR count). The van der Waals surface area contributed by atoms with Crippen molar-refractivity contribution in [1.29, 1.82) is 0 Å². The zero-order valence-electron chi connectivity index (χ0n) is 18.8. The van der Waals surface area contributed by atoms with Crippen LogP contribution in [0.3, 0.4) is 0 Å². The van der Waals surface area contributed by atoms with Gasteiger partial charge in [0.05, 0.1) is 29.4 Å². The van der Waals surface area contributed by atoms with Crippen molar-refractivity contribution in [1.82, 2.24) is 24.7 Å². The normalized spacial score (nSPS) is 11.2. The second kappa shape index (κ2) is 8.72. The van der Waals surface area contributed by atoms with Gasteiger partial charge in [0.15, 0.2) is 22.6 Å². The first kappa shape index (κ1) is 21.8. The zero-order valence-corrected chi connectivity index (χ0v) is 19.6. The number of halogens is 1. The molecule has 0 amide bonds. The molecule has 0 fully saturated rings. The average molecular weight is 473 g/mol. The first-order valence-corrected chi connectivity index (χ1v) is 11.2. The molecule has 5 aromatic rings. The highest BCUT2D eigenvalue weighted by atomic mass is 35.5. The van der Waals surface area contributed by atoms with E-state index in [0.29, 0.717) is 28.5 Å². The van der Waals surface area contributed by atoms with Crippen LogP contribution in [0.2, 0.25) is 5.15 Å². The number of esters is 1. The summed E-state index contributed by atoms with van der Waals surface area (Å²) in [5.74, 6) is 0.656. The van der Waals surface area contributed by atoms with Crippen molar-refractivity contribution in [3.8, 4) is 5.82 Å². The number of carbonyl (C=O) groups is 1. The molecule has 0 bridgehead atoms. The quantitative estimate of drug-likeness (QED) is 0.335. The van der Waals surface area contributed by atoms with Crippen molar-refractivity contribution in [2.75, 3.05) is 11.9 Å². The Hall–Kier alpha value is -4.04. The van der Waals surface area contributed by atoms with Gasteiger partial charge in [-0.2, -0.15) is 9.78 Å². The summed E-state index contributed by atoms with van der Waals surface area (Å²) in [6, 6.07) is 15.4. The average Bonchev–Trinajstić information content (AvgIpc) is 3.24. The molecule has 9 heteroatoms. The van der Waals surface area contributed by atoms with E-state index in [4.69, 9.17) is 21.3 Å². The van der Waals surface area contributed by atoms with Crippen molar-refractivity contribution in [2.45, 2.75) is 20.8 Å². The molecule has 0 saturated carbocycles. The van der Waals surface area contributed by atoms with Gasteiger partial charge in [-0.15, -0.1) is 0 Å². The first-order valence-electron chi connectivity index (χ1n) is 10.8. The molecule has 3 heterocycles. The van der Waals surface area contributed by atoms with Crippen molar-refractivity contribution >= 4 is 51.1 Å². The standard InChI is InChI=1S/C25H21ClN6O2/c1-4-34-25(33)17-13-27-32(20-12-15(3)16-9-7-8-14(2)21(16)30-20)24(17)31-23-22(26)28-18-10-5-6-11-19(18)29-23/h5-13H,4H2,1-3H3,(H,29,31). The molecule has 0 atom stereocenters. The molecule has 0 aliphatic heterocycles. The van der Waals surface area contributed by atoms with Crippen LogP contribution >= 0.6 is 11.6 Å². The number of aromatic nitrogens is 5. The van der Waals surface area contributed by atoms with Crippen LogP contribution in [0.25, 0.3) is 27.8 Å². The minimum Gasteiger partial charge on any atom is -0.462 e. The smallest absolute Gasteiger partial charge is 0.343 e. The third-order valence-electron chi connectivity index (χ3n) is 5.48. The minimum atomic E-state index is -0.519. The molecule has 2 aromatic carbocycles. The van der Waals surface area contributed by atoms with E-state index in [1.165, 1.54) is 6.20 Å². The molecule has 0 radical (unpaired) electrons. The molecule has 8 nitrogen and oxygen atoms in total. The number of aryl methyl sites for hydroxylation is 2. The van der Waals surface area contributed by atoms with Crippen molar-refractivity contribution in [3.05, 3.63) is 76.6 Å². The molecule has 1 N–H and O–H groups in total. The topological polar surface area (TPSA) is 94.8 Å². The summed E-state index contributed by atoms with van der Waals surface area (Å²) in [6.07, 6.45) is 1.45. The summed E-state index contributed by atoms with van der Waals surface area (Å²) in [6.45, 7) is 6.00. The number of ether oxygens (including phenoxy) is 1. The molecule has 0 unspecified atom stereocenters. The van der Waals surface area contributed by atoms with Gasteiger partial charge in [-0.05, 0) is 50.1 Å². The molecular formula is C25H21ClN6O2. The summed E-state index contributed by atoms with van der Waals surface area (Å²) < 4.78 is 6.80. The van der Waals surface area contributed by atoms with Crippen LogP contribution < -0.4 is 5.32 Å². The van der Waals surface area contributed by atoms with Gasteiger partial charge in [-0.1, -0.05) is 41.9 Å². The highest BCUT2D eigenvalue weighted by Crippen LogP contribution is 2.30. The number of fused-ring (bicyclic) bond motifs is 2. The highest BCUT2D eigenvalue weighted by molar-refractivity contribution is 6.32. The lowest BCUT2D eigenvalue weighted by molar-refractivity contribution is 0.0527. The van der Waals surface area contributed by atoms with Gasteiger partial charge in [0.25, 0.3) is 0 Å². The van der Waals surface area contributed by atoms with Crippen LogP contribution in [-0.4, -0.2) is 37.3 Å². The van der Waals surface area contributed by atoms with Gasteiger partial charge in [0.1, 0.15) is 5.56 Å². The summed E-state index contributed by atoms with van der Waals surface area (Å²) in [5, 5.41) is 8.83. The van der Waals surface area contributed by atoms with Crippen LogP contribution in [0.15, 0.2) is 54.7 Å². The number of nitrogens with one attached hydrogen (secondary N) is 1. The maximum atomic E-state index is 12.7. The van der Waals surface area contributed by atoms with Crippen molar-refractivity contribution < 1.29 is 9.53 Å². The summed E-state index contributed by atoms with van der Waals surface area (Å²) in [5.41, 5.74) is 4.50. The van der Waals surface area contributed by atoms with Gasteiger partial charge in [0, 0.05) is 5.39 Å². The van der Waals surface area contributed by atoms with Gasteiger partial charge in [0.2, 0.25) is 0 Å². The Morgan fingerprint density at radius 2 is 1.79 bits per heavy atom. The van der Waals surface area contributed by atoms with Gasteiger partial charge in [-0.3, -0.25) is 0 Å². The third-order valence-corrected chi connectivity index (χ3v) is 5.74. The van der Waals surface area contributed by atoms with Crippen LogP contribution in [0, 0.1) is 13.8 Å². The molecular weight excluding hydrogens is 452 g/mol. The summed E-state index contributed by atoms with van der Waals surface area (Å²) >= 11 is 6.44. The fourth-order valence-electron chi connectivity index (χ4n) is 3.82.